The molecule has 17 heavy (non-hydrogen) atoms. The lowest BCUT2D eigenvalue weighted by molar-refractivity contribution is 0.966. The Morgan fingerprint density at radius 3 is 1.76 bits per heavy atom. The summed E-state index contributed by atoms with van der Waals surface area (Å²) in [7, 11) is 4.53. The van der Waals surface area contributed by atoms with Crippen molar-refractivity contribution in [1.82, 2.24) is 4.57 Å². The highest BCUT2D eigenvalue weighted by atomic mass is 15.0. The number of fused-ring (bicyclic) bond motifs is 3. The summed E-state index contributed by atoms with van der Waals surface area (Å²) in [4.78, 5) is 0. The Bertz CT molecular complexity index is 619. The van der Waals surface area contributed by atoms with E-state index in [0.717, 1.165) is 6.44 Å². The van der Waals surface area contributed by atoms with Crippen molar-refractivity contribution < 1.29 is 0 Å². The van der Waals surface area contributed by atoms with Gasteiger partial charge in [-0.3, -0.25) is 0 Å². The van der Waals surface area contributed by atoms with Crippen LogP contribution in [0.25, 0.3) is 21.8 Å². The van der Waals surface area contributed by atoms with E-state index in [1.54, 1.807) is 0 Å². The molecule has 0 aliphatic heterocycles. The highest BCUT2D eigenvalue weighted by Gasteiger charge is 2.10. The van der Waals surface area contributed by atoms with Crippen molar-refractivity contribution in [3.8, 4) is 0 Å². The first-order valence-corrected chi connectivity index (χ1v) is 6.23. The number of nitrogens with zero attached hydrogens (tertiary/aromatic N) is 1. The summed E-state index contributed by atoms with van der Waals surface area (Å²) in [6.07, 6.45) is 1.08. The van der Waals surface area contributed by atoms with Crippen LogP contribution in [-0.2, 0) is 6.44 Å². The maximum Gasteiger partial charge on any atom is 0.0896 e. The van der Waals surface area contributed by atoms with E-state index < -0.39 is 0 Å². The summed E-state index contributed by atoms with van der Waals surface area (Å²) >= 11 is 0. The van der Waals surface area contributed by atoms with Crippen LogP contribution in [0.4, 0.5) is 0 Å². The normalized spacial score (nSPS) is 11.1. The smallest absolute Gasteiger partial charge is 0.0896 e. The molecule has 3 aromatic rings. The summed E-state index contributed by atoms with van der Waals surface area (Å²) in [5.74, 6) is 0. The molecule has 1 heterocycles. The third kappa shape index (κ3) is 1.68. The average Bonchev–Trinajstić information content (AvgIpc) is 2.65. The molecule has 0 bridgehead atoms. The van der Waals surface area contributed by atoms with Gasteiger partial charge in [0.05, 0.1) is 22.0 Å². The molecule has 0 N–H and O–H groups in total. The number of rotatable bonds is 2. The van der Waals surface area contributed by atoms with Crippen molar-refractivity contribution >= 4 is 43.8 Å². The zero-order valence-corrected chi connectivity index (χ0v) is 10.4. The highest BCUT2D eigenvalue weighted by Crippen LogP contribution is 2.28. The minimum absolute atomic E-state index is 0.661. The van der Waals surface area contributed by atoms with Gasteiger partial charge in [0.15, 0.2) is 0 Å². The van der Waals surface area contributed by atoms with Crippen molar-refractivity contribution in [3.63, 3.8) is 0 Å². The van der Waals surface area contributed by atoms with Gasteiger partial charge in [0.1, 0.15) is 0 Å². The van der Waals surface area contributed by atoms with E-state index in [0.29, 0.717) is 6.49 Å². The molecule has 0 amide bonds. The van der Waals surface area contributed by atoms with Gasteiger partial charge in [-0.1, -0.05) is 36.4 Å². The van der Waals surface area contributed by atoms with Crippen molar-refractivity contribution in [1.29, 1.82) is 0 Å². The van der Waals surface area contributed by atoms with Gasteiger partial charge in [-0.05, 0) is 18.6 Å². The summed E-state index contributed by atoms with van der Waals surface area (Å²) in [5.41, 5.74) is 2.70. The van der Waals surface area contributed by atoms with Gasteiger partial charge in [-0.15, -0.1) is 0 Å². The van der Waals surface area contributed by atoms with Gasteiger partial charge in [-0.25, -0.2) is 0 Å². The second-order valence-electron chi connectivity index (χ2n) is 5.04. The maximum atomic E-state index is 2.44. The van der Waals surface area contributed by atoms with Crippen LogP contribution in [-0.4, -0.2) is 26.5 Å². The summed E-state index contributed by atoms with van der Waals surface area (Å²) < 4.78 is 2.44. The van der Waals surface area contributed by atoms with Crippen LogP contribution in [0, 0.1) is 0 Å². The largest absolute Gasteiger partial charge is 0.350 e. The monoisotopic (exact) mass is 217 g/mol. The van der Waals surface area contributed by atoms with Crippen molar-refractivity contribution in [2.24, 2.45) is 0 Å². The molecule has 0 radical (unpaired) electrons. The average molecular weight is 217 g/mol. The van der Waals surface area contributed by atoms with Gasteiger partial charge in [0, 0.05) is 21.8 Å². The van der Waals surface area contributed by atoms with Gasteiger partial charge in [-0.2, -0.15) is 0 Å². The molecule has 3 rings (SSSR count). The second-order valence-corrected chi connectivity index (χ2v) is 5.04. The molecular formula is C13H14B3N. The zero-order chi connectivity index (χ0) is 11.8. The fraction of sp³-hybridized carbons (Fsp3) is 0.0769. The lowest BCUT2D eigenvalue weighted by Gasteiger charge is -2.08. The van der Waals surface area contributed by atoms with Crippen LogP contribution in [0.2, 0.25) is 0 Å². The fourth-order valence-corrected chi connectivity index (χ4v) is 2.57. The molecule has 0 spiro atoms. The fourth-order valence-electron chi connectivity index (χ4n) is 2.57. The van der Waals surface area contributed by atoms with Crippen LogP contribution in [0.3, 0.4) is 0 Å². The molecule has 4 heteroatoms. The SMILES string of the molecule is BB(B)Cn1c2ccccc2c2ccccc21. The number of hydrogen-bond acceptors (Lipinski definition) is 0. The molecular weight excluding hydrogens is 203 g/mol. The number of benzene rings is 2. The highest BCUT2D eigenvalue weighted by molar-refractivity contribution is 7.28. The maximum absolute atomic E-state index is 2.44. The van der Waals surface area contributed by atoms with Crippen LogP contribution in [0.15, 0.2) is 48.5 Å². The minimum atomic E-state index is 0.661. The molecule has 0 atom stereocenters. The molecule has 0 saturated carbocycles. The van der Waals surface area contributed by atoms with E-state index >= 15 is 0 Å². The van der Waals surface area contributed by atoms with Crippen LogP contribution in [0.1, 0.15) is 0 Å². The summed E-state index contributed by atoms with van der Waals surface area (Å²) in [6.45, 7) is 0.661. The van der Waals surface area contributed by atoms with Crippen molar-refractivity contribution in [3.05, 3.63) is 48.5 Å². The standard InChI is InChI=1S/C13H14B3N/c14-16(15)9-17-12-7-3-1-5-10(12)11-6-2-4-8-13(11)17/h1-8H,9,14-15H2. The predicted molar refractivity (Wildman–Crippen MR) is 82.3 cm³/mol. The molecule has 0 saturated heterocycles. The Hall–Kier alpha value is -1.57. The second kappa shape index (κ2) is 4.03. The zero-order valence-electron chi connectivity index (χ0n) is 10.4. The first-order chi connectivity index (χ1) is 8.27. The van der Waals surface area contributed by atoms with Gasteiger partial charge in [0.2, 0.25) is 0 Å². The number of hydrogen-bond donors (Lipinski definition) is 0. The van der Waals surface area contributed by atoms with Gasteiger partial charge >= 0.3 is 0 Å². The number of aromatic nitrogens is 1. The first-order valence-electron chi connectivity index (χ1n) is 6.23. The van der Waals surface area contributed by atoms with E-state index in [1.807, 2.05) is 0 Å². The Balaban J connectivity index is 2.41. The van der Waals surface area contributed by atoms with E-state index in [-0.39, 0.29) is 0 Å². The molecule has 0 fully saturated rings. The van der Waals surface area contributed by atoms with E-state index in [1.165, 1.54) is 21.8 Å². The van der Waals surface area contributed by atoms with Crippen molar-refractivity contribution in [2.75, 3.05) is 0 Å². The molecule has 0 aliphatic carbocycles. The topological polar surface area (TPSA) is 4.93 Å². The Morgan fingerprint density at radius 1 is 0.824 bits per heavy atom. The van der Waals surface area contributed by atoms with Gasteiger partial charge < -0.3 is 4.57 Å². The lowest BCUT2D eigenvalue weighted by Crippen LogP contribution is -2.22. The summed E-state index contributed by atoms with van der Waals surface area (Å²) in [6, 6.07) is 17.4. The lowest BCUT2D eigenvalue weighted by atomic mass is 9.19. The quantitative estimate of drug-likeness (QED) is 0.566. The van der Waals surface area contributed by atoms with E-state index in [4.69, 9.17) is 0 Å². The molecule has 2 aromatic carbocycles. The summed E-state index contributed by atoms with van der Waals surface area (Å²) in [5, 5.41) is 2.73. The Kier molecular flexibility index (Phi) is 2.51. The Morgan fingerprint density at radius 2 is 1.29 bits per heavy atom. The molecule has 1 nitrogen and oxygen atoms in total. The molecule has 1 aromatic heterocycles. The van der Waals surface area contributed by atoms with Gasteiger partial charge in [0.25, 0.3) is 0 Å². The van der Waals surface area contributed by atoms with E-state index in [2.05, 4.69) is 68.6 Å². The van der Waals surface area contributed by atoms with Crippen molar-refractivity contribution in [2.45, 2.75) is 6.44 Å². The van der Waals surface area contributed by atoms with Crippen LogP contribution < -0.4 is 0 Å². The minimum Gasteiger partial charge on any atom is -0.350 e. The Labute approximate surface area is 104 Å². The molecule has 0 aliphatic rings. The van der Waals surface area contributed by atoms with Crippen LogP contribution >= 0.6 is 0 Å². The number of para-hydroxylation sites is 2. The molecule has 0 unspecified atom stereocenters. The third-order valence-corrected chi connectivity index (χ3v) is 3.23. The third-order valence-electron chi connectivity index (χ3n) is 3.23. The van der Waals surface area contributed by atoms with Crippen LogP contribution in [0.5, 0.6) is 0 Å². The first kappa shape index (κ1) is 10.6. The predicted octanol–water partition coefficient (Wildman–Crippen LogP) is 1.09. The van der Waals surface area contributed by atoms with E-state index in [9.17, 15) is 0 Å². The molecule has 80 valence electrons.